The van der Waals surface area contributed by atoms with E-state index in [-0.39, 0.29) is 9.08 Å². The molecule has 0 spiro atoms. The van der Waals surface area contributed by atoms with Crippen LogP contribution in [0.15, 0.2) is 27.2 Å². The first-order valence-corrected chi connectivity index (χ1v) is 7.89. The van der Waals surface area contributed by atoms with E-state index in [4.69, 9.17) is 0 Å². The van der Waals surface area contributed by atoms with E-state index in [1.165, 1.54) is 0 Å². The van der Waals surface area contributed by atoms with Gasteiger partial charge in [-0.05, 0) is 44.0 Å². The number of hydrogen-bond donors (Lipinski definition) is 2. The van der Waals surface area contributed by atoms with Gasteiger partial charge >= 0.3 is 4.87 Å². The molecule has 0 unspecified atom stereocenters. The fraction of sp³-hybridized carbons (Fsp3) is 0.250. The van der Waals surface area contributed by atoms with Crippen molar-refractivity contribution in [3.05, 3.63) is 44.7 Å². The Labute approximate surface area is 115 Å². The summed E-state index contributed by atoms with van der Waals surface area (Å²) in [5, 5.41) is 0. The SMILES string of the molecule is Cc1cc(C)cc(NS(=O)(=O)c2sc(=O)[nH]c2C)c1. The maximum absolute atomic E-state index is 12.2. The highest BCUT2D eigenvalue weighted by atomic mass is 32.2. The van der Waals surface area contributed by atoms with Crippen molar-refractivity contribution in [3.8, 4) is 0 Å². The van der Waals surface area contributed by atoms with Gasteiger partial charge in [0.05, 0.1) is 0 Å². The van der Waals surface area contributed by atoms with Crippen molar-refractivity contribution in [2.75, 3.05) is 4.72 Å². The van der Waals surface area contributed by atoms with Gasteiger partial charge in [-0.25, -0.2) is 8.42 Å². The Morgan fingerprint density at radius 2 is 1.68 bits per heavy atom. The first-order chi connectivity index (χ1) is 8.78. The Morgan fingerprint density at radius 1 is 1.11 bits per heavy atom. The van der Waals surface area contributed by atoms with Crippen LogP contribution in [0.25, 0.3) is 0 Å². The fourth-order valence-corrected chi connectivity index (χ4v) is 4.22. The number of rotatable bonds is 3. The molecule has 102 valence electrons. The molecule has 0 aliphatic rings. The molecule has 0 saturated heterocycles. The van der Waals surface area contributed by atoms with Crippen molar-refractivity contribution in [1.82, 2.24) is 4.98 Å². The number of aryl methyl sites for hydroxylation is 3. The largest absolute Gasteiger partial charge is 0.315 e. The monoisotopic (exact) mass is 298 g/mol. The Hall–Kier alpha value is -1.60. The Kier molecular flexibility index (Phi) is 3.51. The molecule has 0 fully saturated rings. The average Bonchev–Trinajstić information content (AvgIpc) is 2.56. The number of sulfonamides is 1. The van der Waals surface area contributed by atoms with Crippen molar-refractivity contribution in [3.63, 3.8) is 0 Å². The van der Waals surface area contributed by atoms with Gasteiger partial charge in [-0.15, -0.1) is 0 Å². The van der Waals surface area contributed by atoms with Crippen LogP contribution in [0.3, 0.4) is 0 Å². The molecule has 0 amide bonds. The average molecular weight is 298 g/mol. The van der Waals surface area contributed by atoms with Gasteiger partial charge in [0.15, 0.2) is 4.21 Å². The van der Waals surface area contributed by atoms with Gasteiger partial charge < -0.3 is 4.98 Å². The lowest BCUT2D eigenvalue weighted by Crippen LogP contribution is -2.12. The van der Waals surface area contributed by atoms with Crippen LogP contribution in [0.5, 0.6) is 0 Å². The predicted octanol–water partition coefficient (Wildman–Crippen LogP) is 2.16. The lowest BCUT2D eigenvalue weighted by atomic mass is 10.1. The molecule has 1 aromatic heterocycles. The third-order valence-corrected chi connectivity index (χ3v) is 5.49. The van der Waals surface area contributed by atoms with E-state index in [9.17, 15) is 13.2 Å². The lowest BCUT2D eigenvalue weighted by Gasteiger charge is -2.08. The molecule has 0 radical (unpaired) electrons. The second kappa shape index (κ2) is 4.82. The minimum atomic E-state index is -3.72. The zero-order valence-electron chi connectivity index (χ0n) is 10.8. The summed E-state index contributed by atoms with van der Waals surface area (Å²) in [6.45, 7) is 5.35. The second-order valence-electron chi connectivity index (χ2n) is 4.41. The van der Waals surface area contributed by atoms with Gasteiger partial charge in [0.1, 0.15) is 0 Å². The number of anilines is 1. The Morgan fingerprint density at radius 3 is 2.16 bits per heavy atom. The third kappa shape index (κ3) is 3.05. The molecule has 0 aliphatic carbocycles. The van der Waals surface area contributed by atoms with Crippen LogP contribution < -0.4 is 9.60 Å². The molecule has 0 bridgehead atoms. The molecular formula is C12H14N2O3S2. The summed E-state index contributed by atoms with van der Waals surface area (Å²) in [7, 11) is -3.72. The maximum atomic E-state index is 12.2. The molecule has 1 aromatic carbocycles. The Bertz CT molecular complexity index is 752. The quantitative estimate of drug-likeness (QED) is 0.911. The van der Waals surface area contributed by atoms with Gasteiger partial charge in [-0.1, -0.05) is 17.4 Å². The summed E-state index contributed by atoms with van der Waals surface area (Å²) in [4.78, 5) is 13.3. The van der Waals surface area contributed by atoms with Crippen molar-refractivity contribution in [2.24, 2.45) is 0 Å². The highest BCUT2D eigenvalue weighted by Gasteiger charge is 2.20. The Balaban J connectivity index is 2.42. The van der Waals surface area contributed by atoms with Gasteiger partial charge in [-0.3, -0.25) is 9.52 Å². The van der Waals surface area contributed by atoms with Crippen molar-refractivity contribution in [1.29, 1.82) is 0 Å². The van der Waals surface area contributed by atoms with Crippen molar-refractivity contribution >= 4 is 27.0 Å². The molecule has 1 heterocycles. The van der Waals surface area contributed by atoms with Gasteiger partial charge in [0, 0.05) is 11.4 Å². The van der Waals surface area contributed by atoms with Crippen LogP contribution in [0.4, 0.5) is 5.69 Å². The fourth-order valence-electron chi connectivity index (χ4n) is 1.88. The molecule has 2 aromatic rings. The third-order valence-electron chi connectivity index (χ3n) is 2.50. The molecule has 19 heavy (non-hydrogen) atoms. The second-order valence-corrected chi connectivity index (χ2v) is 7.27. The summed E-state index contributed by atoms with van der Waals surface area (Å²) in [6.07, 6.45) is 0. The molecular weight excluding hydrogens is 284 g/mol. The minimum absolute atomic E-state index is 0.0247. The van der Waals surface area contributed by atoms with E-state index in [1.54, 1.807) is 19.1 Å². The van der Waals surface area contributed by atoms with E-state index in [2.05, 4.69) is 9.71 Å². The maximum Gasteiger partial charge on any atom is 0.306 e. The predicted molar refractivity (Wildman–Crippen MR) is 76.4 cm³/mol. The summed E-state index contributed by atoms with van der Waals surface area (Å²) in [6, 6.07) is 5.45. The molecule has 2 rings (SSSR count). The first-order valence-electron chi connectivity index (χ1n) is 5.59. The smallest absolute Gasteiger partial charge is 0.306 e. The lowest BCUT2D eigenvalue weighted by molar-refractivity contribution is 0.602. The van der Waals surface area contributed by atoms with Crippen LogP contribution in [0, 0.1) is 20.8 Å². The van der Waals surface area contributed by atoms with Gasteiger partial charge in [0.25, 0.3) is 10.0 Å². The molecule has 2 N–H and O–H groups in total. The summed E-state index contributed by atoms with van der Waals surface area (Å²) in [5.74, 6) is 0. The highest BCUT2D eigenvalue weighted by molar-refractivity contribution is 7.94. The standard InChI is InChI=1S/C12H14N2O3S2/c1-7-4-8(2)6-10(5-7)14-19(16,17)11-9(3)13-12(15)18-11/h4-6,14H,1-3H3,(H,13,15). The number of nitrogens with one attached hydrogen (secondary N) is 2. The van der Waals surface area contributed by atoms with E-state index < -0.39 is 10.0 Å². The van der Waals surface area contributed by atoms with Crippen LogP contribution in [-0.4, -0.2) is 13.4 Å². The van der Waals surface area contributed by atoms with E-state index >= 15 is 0 Å². The van der Waals surface area contributed by atoms with Crippen LogP contribution in [0.1, 0.15) is 16.8 Å². The number of aromatic nitrogens is 1. The number of H-pyrrole nitrogens is 1. The molecule has 0 atom stereocenters. The van der Waals surface area contributed by atoms with Crippen LogP contribution in [-0.2, 0) is 10.0 Å². The molecule has 0 saturated carbocycles. The summed E-state index contributed by atoms with van der Waals surface area (Å²) < 4.78 is 26.9. The highest BCUT2D eigenvalue weighted by Crippen LogP contribution is 2.21. The van der Waals surface area contributed by atoms with Crippen LogP contribution >= 0.6 is 11.3 Å². The number of thiazole rings is 1. The zero-order chi connectivity index (χ0) is 14.2. The number of aromatic amines is 1. The minimum Gasteiger partial charge on any atom is -0.315 e. The molecule has 0 aliphatic heterocycles. The number of benzene rings is 1. The summed E-state index contributed by atoms with van der Waals surface area (Å²) >= 11 is 0.687. The van der Waals surface area contributed by atoms with E-state index in [0.717, 1.165) is 11.1 Å². The van der Waals surface area contributed by atoms with Gasteiger partial charge in [0.2, 0.25) is 0 Å². The van der Waals surface area contributed by atoms with Crippen molar-refractivity contribution in [2.45, 2.75) is 25.0 Å². The molecule has 5 nitrogen and oxygen atoms in total. The van der Waals surface area contributed by atoms with E-state index in [1.807, 2.05) is 19.9 Å². The summed E-state index contributed by atoms with van der Waals surface area (Å²) in [5.41, 5.74) is 2.79. The van der Waals surface area contributed by atoms with Gasteiger partial charge in [-0.2, -0.15) is 0 Å². The van der Waals surface area contributed by atoms with Crippen LogP contribution in [0.2, 0.25) is 0 Å². The normalized spacial score (nSPS) is 11.5. The topological polar surface area (TPSA) is 79.0 Å². The molecule has 7 heteroatoms. The zero-order valence-corrected chi connectivity index (χ0v) is 12.4. The van der Waals surface area contributed by atoms with E-state index in [0.29, 0.717) is 22.7 Å². The first kappa shape index (κ1) is 13.8. The van der Waals surface area contributed by atoms with Crippen molar-refractivity contribution < 1.29 is 8.42 Å². The number of hydrogen-bond acceptors (Lipinski definition) is 4.